The quantitative estimate of drug-likeness (QED) is 0.598. The fraction of sp³-hybridized carbons (Fsp3) is 0.700. The molecule has 0 radical (unpaired) electrons. The van der Waals surface area contributed by atoms with Gasteiger partial charge in [0.2, 0.25) is 17.7 Å². The first-order chi connectivity index (χ1) is 7.61. The van der Waals surface area contributed by atoms with Gasteiger partial charge in [-0.2, -0.15) is 0 Å². The third-order valence-electron chi connectivity index (χ3n) is 1.67. The Balaban J connectivity index is 4.42. The second kappa shape index (κ2) is 6.19. The van der Waals surface area contributed by atoms with Crippen molar-refractivity contribution >= 4 is 17.7 Å². The summed E-state index contributed by atoms with van der Waals surface area (Å²) in [5.74, 6) is -1.93. The summed E-state index contributed by atoms with van der Waals surface area (Å²) < 4.78 is 5.24. The molecule has 0 spiro atoms. The average molecular weight is 245 g/mol. The van der Waals surface area contributed by atoms with Crippen LogP contribution in [0, 0.1) is 0 Å². The fourth-order valence-corrected chi connectivity index (χ4v) is 0.978. The molecule has 7 heteroatoms. The summed E-state index contributed by atoms with van der Waals surface area (Å²) in [4.78, 5) is 34.1. The number of carbonyl (C=O) groups excluding carboxylic acids is 3. The molecule has 0 fully saturated rings. The summed E-state index contributed by atoms with van der Waals surface area (Å²) in [5, 5.41) is 0. The van der Waals surface area contributed by atoms with Gasteiger partial charge in [0, 0.05) is 0 Å². The Labute approximate surface area is 100 Å². The molecule has 7 nitrogen and oxygen atoms in total. The van der Waals surface area contributed by atoms with E-state index in [1.165, 1.54) is 0 Å². The molecule has 0 aromatic heterocycles. The number of nitrogens with two attached hydrogens (primary N) is 2. The van der Waals surface area contributed by atoms with E-state index in [0.29, 0.717) is 0 Å². The van der Waals surface area contributed by atoms with Crippen LogP contribution in [0.2, 0.25) is 0 Å². The first kappa shape index (κ1) is 15.4. The van der Waals surface area contributed by atoms with Gasteiger partial charge in [-0.05, 0) is 20.8 Å². The highest BCUT2D eigenvalue weighted by Gasteiger charge is 2.20. The van der Waals surface area contributed by atoms with Crippen LogP contribution in [0.25, 0.3) is 0 Å². The topological polar surface area (TPSA) is 116 Å². The Morgan fingerprint density at radius 3 is 1.76 bits per heavy atom. The van der Waals surface area contributed by atoms with Crippen molar-refractivity contribution in [3.63, 3.8) is 0 Å². The zero-order chi connectivity index (χ0) is 13.6. The Kier molecular flexibility index (Phi) is 5.60. The Bertz CT molecular complexity index is 293. The molecular formula is C10H19N3O4. The van der Waals surface area contributed by atoms with E-state index >= 15 is 0 Å². The summed E-state index contributed by atoms with van der Waals surface area (Å²) in [6.45, 7) is 4.42. The van der Waals surface area contributed by atoms with Crippen molar-refractivity contribution in [2.24, 2.45) is 11.5 Å². The van der Waals surface area contributed by atoms with Gasteiger partial charge in [-0.15, -0.1) is 0 Å². The highest BCUT2D eigenvalue weighted by Crippen LogP contribution is 2.06. The summed E-state index contributed by atoms with van der Waals surface area (Å²) in [6.07, 6.45) is 0. The number of nitrogens with zero attached hydrogens (tertiary/aromatic N) is 1. The molecule has 0 rings (SSSR count). The van der Waals surface area contributed by atoms with Crippen LogP contribution in [0.5, 0.6) is 0 Å². The molecule has 0 aliphatic heterocycles. The Morgan fingerprint density at radius 2 is 1.47 bits per heavy atom. The summed E-state index contributed by atoms with van der Waals surface area (Å²) in [6, 6.07) is 0. The molecule has 0 bridgehead atoms. The predicted molar refractivity (Wildman–Crippen MR) is 60.7 cm³/mol. The second-order valence-electron chi connectivity index (χ2n) is 4.58. The molecule has 3 amide bonds. The smallest absolute Gasteiger partial charge is 0.249 e. The highest BCUT2D eigenvalue weighted by atomic mass is 16.5. The van der Waals surface area contributed by atoms with Crippen LogP contribution >= 0.6 is 0 Å². The largest absolute Gasteiger partial charge is 0.368 e. The number of amides is 3. The molecule has 0 saturated heterocycles. The lowest BCUT2D eigenvalue weighted by atomic mass is 10.2. The fourth-order valence-electron chi connectivity index (χ4n) is 0.978. The predicted octanol–water partition coefficient (Wildman–Crippen LogP) is -1.40. The molecule has 0 atom stereocenters. The van der Waals surface area contributed by atoms with Crippen LogP contribution in [0.4, 0.5) is 0 Å². The van der Waals surface area contributed by atoms with Gasteiger partial charge in [0.25, 0.3) is 0 Å². The van der Waals surface area contributed by atoms with Gasteiger partial charge in [-0.3, -0.25) is 14.4 Å². The lowest BCUT2D eigenvalue weighted by molar-refractivity contribution is -0.145. The molecule has 17 heavy (non-hydrogen) atoms. The second-order valence-corrected chi connectivity index (χ2v) is 4.58. The van der Waals surface area contributed by atoms with E-state index in [-0.39, 0.29) is 19.7 Å². The lowest BCUT2D eigenvalue weighted by Crippen LogP contribution is -2.45. The van der Waals surface area contributed by atoms with Crippen molar-refractivity contribution in [3.8, 4) is 0 Å². The van der Waals surface area contributed by atoms with E-state index in [1.54, 1.807) is 20.8 Å². The maximum absolute atomic E-state index is 11.6. The van der Waals surface area contributed by atoms with Gasteiger partial charge in [0.05, 0.1) is 18.7 Å². The number of ether oxygens (including phenoxy) is 1. The maximum atomic E-state index is 11.6. The van der Waals surface area contributed by atoms with Gasteiger partial charge in [-0.1, -0.05) is 0 Å². The number of hydrogen-bond donors (Lipinski definition) is 2. The number of primary amides is 2. The van der Waals surface area contributed by atoms with E-state index in [9.17, 15) is 14.4 Å². The molecule has 0 aromatic rings. The molecule has 0 aliphatic rings. The van der Waals surface area contributed by atoms with Crippen molar-refractivity contribution in [1.82, 2.24) is 4.90 Å². The Morgan fingerprint density at radius 1 is 1.06 bits per heavy atom. The van der Waals surface area contributed by atoms with Crippen LogP contribution in [0.3, 0.4) is 0 Å². The molecule has 4 N–H and O–H groups in total. The van der Waals surface area contributed by atoms with Gasteiger partial charge in [0.15, 0.2) is 0 Å². The number of hydrogen-bond acceptors (Lipinski definition) is 4. The van der Waals surface area contributed by atoms with E-state index in [4.69, 9.17) is 16.2 Å². The van der Waals surface area contributed by atoms with Gasteiger partial charge < -0.3 is 21.1 Å². The molecule has 98 valence electrons. The average Bonchev–Trinajstić information content (AvgIpc) is 2.10. The zero-order valence-electron chi connectivity index (χ0n) is 10.4. The van der Waals surface area contributed by atoms with Crippen LogP contribution in [0.15, 0.2) is 0 Å². The summed E-state index contributed by atoms with van der Waals surface area (Å²) >= 11 is 0. The highest BCUT2D eigenvalue weighted by molar-refractivity contribution is 5.88. The van der Waals surface area contributed by atoms with Crippen molar-refractivity contribution in [3.05, 3.63) is 0 Å². The third-order valence-corrected chi connectivity index (χ3v) is 1.67. The molecule has 0 aromatic carbocycles. The number of rotatable bonds is 6. The lowest BCUT2D eigenvalue weighted by Gasteiger charge is -2.23. The van der Waals surface area contributed by atoms with Gasteiger partial charge in [0.1, 0.15) is 6.61 Å². The van der Waals surface area contributed by atoms with Crippen LogP contribution in [-0.4, -0.2) is 47.9 Å². The van der Waals surface area contributed by atoms with Crippen LogP contribution in [-0.2, 0) is 19.1 Å². The molecule has 0 heterocycles. The van der Waals surface area contributed by atoms with Crippen molar-refractivity contribution < 1.29 is 19.1 Å². The standard InChI is InChI=1S/C10H19N3O4/c1-10(2,3)17-6-9(16)13(4-7(11)14)5-8(12)15/h4-6H2,1-3H3,(H2,11,14)(H2,12,15). The zero-order valence-corrected chi connectivity index (χ0v) is 10.4. The van der Waals surface area contributed by atoms with E-state index in [1.807, 2.05) is 0 Å². The molecule has 0 unspecified atom stereocenters. The van der Waals surface area contributed by atoms with Crippen molar-refractivity contribution in [2.45, 2.75) is 26.4 Å². The Hall–Kier alpha value is -1.63. The minimum absolute atomic E-state index is 0.232. The van der Waals surface area contributed by atoms with Gasteiger partial charge in [-0.25, -0.2) is 0 Å². The van der Waals surface area contributed by atoms with Crippen molar-refractivity contribution in [2.75, 3.05) is 19.7 Å². The molecule has 0 saturated carbocycles. The normalized spacial score (nSPS) is 11.0. The maximum Gasteiger partial charge on any atom is 0.249 e. The monoisotopic (exact) mass is 245 g/mol. The first-order valence-electron chi connectivity index (χ1n) is 5.10. The minimum atomic E-state index is -0.713. The van der Waals surface area contributed by atoms with Crippen LogP contribution in [0.1, 0.15) is 20.8 Å². The van der Waals surface area contributed by atoms with Gasteiger partial charge >= 0.3 is 0 Å². The van der Waals surface area contributed by atoms with E-state index in [2.05, 4.69) is 0 Å². The van der Waals surface area contributed by atoms with E-state index < -0.39 is 23.3 Å². The summed E-state index contributed by atoms with van der Waals surface area (Å²) in [5.41, 5.74) is 9.44. The summed E-state index contributed by atoms with van der Waals surface area (Å²) in [7, 11) is 0. The first-order valence-corrected chi connectivity index (χ1v) is 5.10. The van der Waals surface area contributed by atoms with Crippen LogP contribution < -0.4 is 11.5 Å². The van der Waals surface area contributed by atoms with Crippen molar-refractivity contribution in [1.29, 1.82) is 0 Å². The third kappa shape index (κ3) is 8.21. The minimum Gasteiger partial charge on any atom is -0.368 e. The number of carbonyl (C=O) groups is 3. The SMILES string of the molecule is CC(C)(C)OCC(=O)N(CC(N)=O)CC(N)=O. The molecular weight excluding hydrogens is 226 g/mol. The molecule has 0 aliphatic carbocycles. The van der Waals surface area contributed by atoms with E-state index in [0.717, 1.165) is 4.90 Å².